The van der Waals surface area contributed by atoms with E-state index < -0.39 is 17.9 Å². The first-order chi connectivity index (χ1) is 21.5. The second-order valence-corrected chi connectivity index (χ2v) is 10.5. The maximum atomic E-state index is 12.8. The average molecular weight is 613 g/mol. The number of rotatable bonds is 16. The van der Waals surface area contributed by atoms with Crippen LogP contribution in [0.4, 0.5) is 0 Å². The van der Waals surface area contributed by atoms with E-state index in [1.165, 1.54) is 6.92 Å². The molecule has 0 aliphatic heterocycles. The lowest BCUT2D eigenvalue weighted by Crippen LogP contribution is -2.15. The molecule has 0 amide bonds. The number of hydrogen-bond acceptors (Lipinski definition) is 8. The molecule has 0 saturated heterocycles. The Kier molecular flexibility index (Phi) is 12.7. The summed E-state index contributed by atoms with van der Waals surface area (Å²) in [6, 6.07) is 19.1. The lowest BCUT2D eigenvalue weighted by molar-refractivity contribution is -0.140. The third kappa shape index (κ3) is 10.2. The average Bonchev–Trinajstić information content (AvgIpc) is 3.03. The van der Waals surface area contributed by atoms with E-state index in [1.807, 2.05) is 43.3 Å². The smallest absolute Gasteiger partial charge is 0.338 e. The molecular formula is C37H40O8. The molecule has 0 aromatic heterocycles. The highest BCUT2D eigenvalue weighted by Gasteiger charge is 2.17. The van der Waals surface area contributed by atoms with E-state index in [0.717, 1.165) is 45.6 Å². The monoisotopic (exact) mass is 612 g/mol. The van der Waals surface area contributed by atoms with Gasteiger partial charge in [-0.05, 0) is 85.4 Å². The molecule has 3 aromatic carbocycles. The van der Waals surface area contributed by atoms with Crippen molar-refractivity contribution in [2.75, 3.05) is 33.0 Å². The molecule has 0 atom stereocenters. The van der Waals surface area contributed by atoms with Crippen LogP contribution in [0.3, 0.4) is 0 Å². The quantitative estimate of drug-likeness (QED) is 0.0546. The van der Waals surface area contributed by atoms with Crippen molar-refractivity contribution in [2.45, 2.75) is 34.1 Å². The van der Waals surface area contributed by atoms with Gasteiger partial charge in [-0.15, -0.1) is 0 Å². The van der Waals surface area contributed by atoms with Crippen LogP contribution in [-0.4, -0.2) is 50.9 Å². The van der Waals surface area contributed by atoms with Crippen molar-refractivity contribution in [1.29, 1.82) is 0 Å². The van der Waals surface area contributed by atoms with Crippen molar-refractivity contribution in [1.82, 2.24) is 0 Å². The molecule has 0 bridgehead atoms. The van der Waals surface area contributed by atoms with E-state index in [-0.39, 0.29) is 43.1 Å². The minimum atomic E-state index is -0.603. The zero-order chi connectivity index (χ0) is 32.9. The van der Waals surface area contributed by atoms with Crippen molar-refractivity contribution < 1.29 is 38.1 Å². The maximum Gasteiger partial charge on any atom is 0.338 e. The minimum absolute atomic E-state index is 0.000451. The number of ether oxygens (including phenoxy) is 5. The van der Waals surface area contributed by atoms with Gasteiger partial charge in [0.2, 0.25) is 0 Å². The number of esters is 3. The van der Waals surface area contributed by atoms with Crippen molar-refractivity contribution in [3.05, 3.63) is 108 Å². The molecule has 3 rings (SSSR count). The highest BCUT2D eigenvalue weighted by Crippen LogP contribution is 2.36. The van der Waals surface area contributed by atoms with Gasteiger partial charge in [-0.1, -0.05) is 57.0 Å². The molecule has 0 unspecified atom stereocenters. The molecule has 0 N–H and O–H groups in total. The number of carbonyl (C=O) groups is 3. The summed E-state index contributed by atoms with van der Waals surface area (Å²) in [7, 11) is 0. The molecule has 45 heavy (non-hydrogen) atoms. The van der Waals surface area contributed by atoms with Gasteiger partial charge in [0, 0.05) is 16.7 Å². The molecule has 8 heteroatoms. The SMILES string of the molecule is C=C(C)COc1ccc(-c2ccc(-c3ccc(C(=O)OCCOC(=O)C(=C)C)cc3OCCOC(=O)C(=C)C)c(CC)c2)cc1. The van der Waals surface area contributed by atoms with Crippen LogP contribution >= 0.6 is 0 Å². The van der Waals surface area contributed by atoms with E-state index >= 15 is 0 Å². The zero-order valence-corrected chi connectivity index (χ0v) is 26.4. The van der Waals surface area contributed by atoms with E-state index in [1.54, 1.807) is 25.1 Å². The van der Waals surface area contributed by atoms with Crippen LogP contribution in [0.1, 0.15) is 43.6 Å². The number of aryl methyl sites for hydroxylation is 1. The van der Waals surface area contributed by atoms with Gasteiger partial charge in [0.15, 0.2) is 0 Å². The minimum Gasteiger partial charge on any atom is -0.489 e. The van der Waals surface area contributed by atoms with Gasteiger partial charge in [-0.2, -0.15) is 0 Å². The Hall–Kier alpha value is -5.11. The Labute approximate surface area is 264 Å². The lowest BCUT2D eigenvalue weighted by Gasteiger charge is -2.17. The molecule has 3 aromatic rings. The molecule has 0 heterocycles. The molecule has 0 saturated carbocycles. The molecule has 236 valence electrons. The van der Waals surface area contributed by atoms with E-state index in [2.05, 4.69) is 32.7 Å². The Bertz CT molecular complexity index is 1570. The highest BCUT2D eigenvalue weighted by molar-refractivity contribution is 5.92. The predicted octanol–water partition coefficient (Wildman–Crippen LogP) is 7.31. The molecular weight excluding hydrogens is 572 g/mol. The predicted molar refractivity (Wildman–Crippen MR) is 174 cm³/mol. The van der Waals surface area contributed by atoms with Gasteiger partial charge >= 0.3 is 17.9 Å². The standard InChI is InChI=1S/C37H40O8/c1-8-27-21-29(28-9-13-31(14-10-28)45-23-24(2)3)11-15-32(27)33-16-12-30(37(40)44-20-19-43-36(39)26(6)7)22-34(33)41-17-18-42-35(38)25(4)5/h9-16,21-22H,2,4,6,8,17-20,23H2,1,3,5,7H3. The summed E-state index contributed by atoms with van der Waals surface area (Å²) in [6.07, 6.45) is 0.741. The fraction of sp³-hybridized carbons (Fsp3) is 0.270. The van der Waals surface area contributed by atoms with Gasteiger partial charge in [-0.3, -0.25) is 0 Å². The zero-order valence-electron chi connectivity index (χ0n) is 26.4. The van der Waals surface area contributed by atoms with Gasteiger partial charge in [0.05, 0.1) is 5.56 Å². The van der Waals surface area contributed by atoms with Crippen LogP contribution in [-0.2, 0) is 30.2 Å². The molecule has 0 radical (unpaired) electrons. The van der Waals surface area contributed by atoms with E-state index in [9.17, 15) is 14.4 Å². The molecule has 0 fully saturated rings. The second kappa shape index (κ2) is 16.7. The topological polar surface area (TPSA) is 97.4 Å². The van der Waals surface area contributed by atoms with Gasteiger partial charge in [0.25, 0.3) is 0 Å². The number of benzene rings is 3. The van der Waals surface area contributed by atoms with Crippen LogP contribution in [0.25, 0.3) is 22.3 Å². The van der Waals surface area contributed by atoms with E-state index in [4.69, 9.17) is 23.7 Å². The summed E-state index contributed by atoms with van der Waals surface area (Å²) in [5.74, 6) is -0.473. The lowest BCUT2D eigenvalue weighted by atomic mass is 9.92. The molecule has 0 aliphatic rings. The van der Waals surface area contributed by atoms with Gasteiger partial charge < -0.3 is 23.7 Å². The summed E-state index contributed by atoms with van der Waals surface area (Å²) in [5.41, 5.74) is 6.61. The Morgan fingerprint density at radius 1 is 0.644 bits per heavy atom. The number of carbonyl (C=O) groups excluding carboxylic acids is 3. The third-order valence-electron chi connectivity index (χ3n) is 6.49. The Morgan fingerprint density at radius 2 is 1.22 bits per heavy atom. The summed E-state index contributed by atoms with van der Waals surface area (Å²) < 4.78 is 27.2. The normalized spacial score (nSPS) is 10.4. The second-order valence-electron chi connectivity index (χ2n) is 10.5. The first-order valence-corrected chi connectivity index (χ1v) is 14.6. The summed E-state index contributed by atoms with van der Waals surface area (Å²) in [6.45, 7) is 18.4. The first kappa shape index (κ1) is 34.4. The van der Waals surface area contributed by atoms with Gasteiger partial charge in [-0.25, -0.2) is 14.4 Å². The first-order valence-electron chi connectivity index (χ1n) is 14.6. The number of hydrogen-bond donors (Lipinski definition) is 0. The maximum absolute atomic E-state index is 12.8. The van der Waals surface area contributed by atoms with Crippen molar-refractivity contribution in [3.63, 3.8) is 0 Å². The highest BCUT2D eigenvalue weighted by atomic mass is 16.6. The van der Waals surface area contributed by atoms with Crippen molar-refractivity contribution in [3.8, 4) is 33.8 Å². The van der Waals surface area contributed by atoms with Crippen molar-refractivity contribution in [2.24, 2.45) is 0 Å². The Balaban J connectivity index is 1.85. The fourth-order valence-electron chi connectivity index (χ4n) is 4.15. The van der Waals surface area contributed by atoms with Crippen LogP contribution in [0.2, 0.25) is 0 Å². The molecule has 0 aliphatic carbocycles. The van der Waals surface area contributed by atoms with Gasteiger partial charge in [0.1, 0.15) is 44.5 Å². The molecule has 8 nitrogen and oxygen atoms in total. The largest absolute Gasteiger partial charge is 0.489 e. The molecule has 0 spiro atoms. The summed E-state index contributed by atoms with van der Waals surface area (Å²) >= 11 is 0. The van der Waals surface area contributed by atoms with E-state index in [0.29, 0.717) is 12.4 Å². The summed E-state index contributed by atoms with van der Waals surface area (Å²) in [5, 5.41) is 0. The Morgan fingerprint density at radius 3 is 1.82 bits per heavy atom. The van der Waals surface area contributed by atoms with Crippen LogP contribution in [0.15, 0.2) is 97.1 Å². The fourth-order valence-corrected chi connectivity index (χ4v) is 4.15. The van der Waals surface area contributed by atoms with Crippen LogP contribution in [0, 0.1) is 0 Å². The third-order valence-corrected chi connectivity index (χ3v) is 6.49. The van der Waals surface area contributed by atoms with Crippen molar-refractivity contribution >= 4 is 17.9 Å². The summed E-state index contributed by atoms with van der Waals surface area (Å²) in [4.78, 5) is 36.2. The van der Waals surface area contributed by atoms with Crippen LogP contribution in [0.5, 0.6) is 11.5 Å². The van der Waals surface area contributed by atoms with Crippen LogP contribution < -0.4 is 9.47 Å².